The van der Waals surface area contributed by atoms with E-state index >= 15 is 0 Å². The SMILES string of the molecule is Cc1ccccc1C(=O)Nc1ccc2c(c1)nc(C)n2C. The number of carbonyl (C=O) groups is 1. The summed E-state index contributed by atoms with van der Waals surface area (Å²) in [5, 5.41) is 2.93. The zero-order chi connectivity index (χ0) is 15.0. The van der Waals surface area contributed by atoms with Gasteiger partial charge in [-0.1, -0.05) is 18.2 Å². The molecule has 4 heteroatoms. The Labute approximate surface area is 123 Å². The number of hydrogen-bond donors (Lipinski definition) is 1. The number of benzene rings is 2. The predicted octanol–water partition coefficient (Wildman–Crippen LogP) is 3.44. The van der Waals surface area contributed by atoms with Crippen LogP contribution in [-0.2, 0) is 7.05 Å². The van der Waals surface area contributed by atoms with E-state index in [1.165, 1.54) is 0 Å². The summed E-state index contributed by atoms with van der Waals surface area (Å²) in [6.45, 7) is 3.89. The van der Waals surface area contributed by atoms with Crippen molar-refractivity contribution < 1.29 is 4.79 Å². The molecular formula is C17H17N3O. The number of nitrogens with one attached hydrogen (secondary N) is 1. The minimum absolute atomic E-state index is 0.0971. The van der Waals surface area contributed by atoms with Gasteiger partial charge >= 0.3 is 0 Å². The van der Waals surface area contributed by atoms with Gasteiger partial charge in [0.05, 0.1) is 11.0 Å². The van der Waals surface area contributed by atoms with E-state index in [-0.39, 0.29) is 5.91 Å². The fourth-order valence-electron chi connectivity index (χ4n) is 2.42. The number of fused-ring (bicyclic) bond motifs is 1. The summed E-state index contributed by atoms with van der Waals surface area (Å²) in [6.07, 6.45) is 0. The van der Waals surface area contributed by atoms with Gasteiger partial charge in [0.2, 0.25) is 0 Å². The van der Waals surface area contributed by atoms with Gasteiger partial charge in [-0.2, -0.15) is 0 Å². The van der Waals surface area contributed by atoms with Crippen LogP contribution in [0.25, 0.3) is 11.0 Å². The molecule has 0 aliphatic carbocycles. The van der Waals surface area contributed by atoms with Gasteiger partial charge in [0.15, 0.2) is 0 Å². The first-order chi connectivity index (χ1) is 10.1. The maximum Gasteiger partial charge on any atom is 0.255 e. The summed E-state index contributed by atoms with van der Waals surface area (Å²) in [5.41, 5.74) is 4.35. The van der Waals surface area contributed by atoms with E-state index in [0.717, 1.165) is 28.1 Å². The van der Waals surface area contributed by atoms with E-state index in [0.29, 0.717) is 5.56 Å². The average molecular weight is 279 g/mol. The zero-order valence-corrected chi connectivity index (χ0v) is 12.3. The summed E-state index contributed by atoms with van der Waals surface area (Å²) in [7, 11) is 1.98. The van der Waals surface area contributed by atoms with Crippen LogP contribution in [0.4, 0.5) is 5.69 Å². The molecule has 106 valence electrons. The maximum absolute atomic E-state index is 12.3. The molecule has 0 unspecified atom stereocenters. The largest absolute Gasteiger partial charge is 0.331 e. The van der Waals surface area contributed by atoms with E-state index in [1.54, 1.807) is 0 Å². The van der Waals surface area contributed by atoms with Crippen LogP contribution in [0.1, 0.15) is 21.7 Å². The van der Waals surface area contributed by atoms with E-state index in [4.69, 9.17) is 0 Å². The predicted molar refractivity (Wildman–Crippen MR) is 84.6 cm³/mol. The molecule has 1 amide bonds. The molecule has 0 aliphatic rings. The fourth-order valence-corrected chi connectivity index (χ4v) is 2.42. The lowest BCUT2D eigenvalue weighted by Crippen LogP contribution is -2.13. The van der Waals surface area contributed by atoms with Gasteiger partial charge in [-0.25, -0.2) is 4.98 Å². The van der Waals surface area contributed by atoms with Gasteiger partial charge in [-0.15, -0.1) is 0 Å². The van der Waals surface area contributed by atoms with Gasteiger partial charge in [-0.3, -0.25) is 4.79 Å². The Morgan fingerprint density at radius 2 is 1.90 bits per heavy atom. The Hall–Kier alpha value is -2.62. The number of aromatic nitrogens is 2. The van der Waals surface area contributed by atoms with Crippen molar-refractivity contribution >= 4 is 22.6 Å². The lowest BCUT2D eigenvalue weighted by Gasteiger charge is -2.07. The minimum Gasteiger partial charge on any atom is -0.331 e. The van der Waals surface area contributed by atoms with Crippen LogP contribution < -0.4 is 5.32 Å². The number of aryl methyl sites for hydroxylation is 3. The van der Waals surface area contributed by atoms with Crippen molar-refractivity contribution in [1.82, 2.24) is 9.55 Å². The van der Waals surface area contributed by atoms with Crippen molar-refractivity contribution in [3.05, 3.63) is 59.4 Å². The second-order valence-corrected chi connectivity index (χ2v) is 5.19. The Morgan fingerprint density at radius 3 is 2.67 bits per heavy atom. The van der Waals surface area contributed by atoms with Crippen molar-refractivity contribution in [2.45, 2.75) is 13.8 Å². The molecule has 2 aromatic carbocycles. The van der Waals surface area contributed by atoms with Crippen LogP contribution >= 0.6 is 0 Å². The molecule has 0 aliphatic heterocycles. The number of nitrogens with zero attached hydrogens (tertiary/aromatic N) is 2. The molecule has 3 rings (SSSR count). The molecule has 0 saturated carbocycles. The molecule has 0 saturated heterocycles. The highest BCUT2D eigenvalue weighted by Gasteiger charge is 2.10. The molecule has 0 atom stereocenters. The molecule has 0 fully saturated rings. The molecule has 0 spiro atoms. The van der Waals surface area contributed by atoms with Crippen LogP contribution in [0.15, 0.2) is 42.5 Å². The van der Waals surface area contributed by atoms with Gasteiger partial charge in [0.1, 0.15) is 5.82 Å². The highest BCUT2D eigenvalue weighted by atomic mass is 16.1. The number of imidazole rings is 1. The summed E-state index contributed by atoms with van der Waals surface area (Å²) < 4.78 is 2.03. The van der Waals surface area contributed by atoms with Crippen LogP contribution in [0.5, 0.6) is 0 Å². The van der Waals surface area contributed by atoms with Crippen LogP contribution in [-0.4, -0.2) is 15.5 Å². The fraction of sp³-hybridized carbons (Fsp3) is 0.176. The van der Waals surface area contributed by atoms with Crippen LogP contribution in [0, 0.1) is 13.8 Å². The van der Waals surface area contributed by atoms with E-state index in [1.807, 2.05) is 67.9 Å². The van der Waals surface area contributed by atoms with Crippen molar-refractivity contribution in [3.8, 4) is 0 Å². The third-order valence-corrected chi connectivity index (χ3v) is 3.75. The van der Waals surface area contributed by atoms with E-state index in [9.17, 15) is 4.79 Å². The highest BCUT2D eigenvalue weighted by Crippen LogP contribution is 2.20. The van der Waals surface area contributed by atoms with Gasteiger partial charge in [-0.05, 0) is 43.7 Å². The van der Waals surface area contributed by atoms with E-state index < -0.39 is 0 Å². The topological polar surface area (TPSA) is 46.9 Å². The first-order valence-electron chi connectivity index (χ1n) is 6.86. The maximum atomic E-state index is 12.3. The summed E-state index contributed by atoms with van der Waals surface area (Å²) in [4.78, 5) is 16.8. The third-order valence-electron chi connectivity index (χ3n) is 3.75. The van der Waals surface area contributed by atoms with Crippen LogP contribution in [0.3, 0.4) is 0 Å². The highest BCUT2D eigenvalue weighted by molar-refractivity contribution is 6.05. The molecule has 1 N–H and O–H groups in total. The standard InChI is InChI=1S/C17H17N3O/c1-11-6-4-5-7-14(11)17(21)19-13-8-9-16-15(10-13)18-12(2)20(16)3/h4-10H,1-3H3,(H,19,21). The molecule has 1 aromatic heterocycles. The Bertz CT molecular complexity index is 833. The Balaban J connectivity index is 1.91. The molecule has 21 heavy (non-hydrogen) atoms. The number of rotatable bonds is 2. The lowest BCUT2D eigenvalue weighted by molar-refractivity contribution is 0.102. The average Bonchev–Trinajstić information content (AvgIpc) is 2.74. The van der Waals surface area contributed by atoms with Crippen LogP contribution in [0.2, 0.25) is 0 Å². The lowest BCUT2D eigenvalue weighted by atomic mass is 10.1. The number of carbonyl (C=O) groups excluding carboxylic acids is 1. The molecular weight excluding hydrogens is 262 g/mol. The van der Waals surface area contributed by atoms with Crippen molar-refractivity contribution in [2.24, 2.45) is 7.05 Å². The zero-order valence-electron chi connectivity index (χ0n) is 12.3. The summed E-state index contributed by atoms with van der Waals surface area (Å²) in [6, 6.07) is 13.3. The van der Waals surface area contributed by atoms with Gasteiger partial charge in [0, 0.05) is 18.3 Å². The third kappa shape index (κ3) is 2.40. The number of hydrogen-bond acceptors (Lipinski definition) is 2. The molecule has 0 radical (unpaired) electrons. The first kappa shape index (κ1) is 13.4. The van der Waals surface area contributed by atoms with Crippen molar-refractivity contribution in [1.29, 1.82) is 0 Å². The Kier molecular flexibility index (Phi) is 3.22. The van der Waals surface area contributed by atoms with Crippen molar-refractivity contribution in [2.75, 3.05) is 5.32 Å². The quantitative estimate of drug-likeness (QED) is 0.781. The molecule has 0 bridgehead atoms. The molecule has 4 nitrogen and oxygen atoms in total. The minimum atomic E-state index is -0.0971. The first-order valence-corrected chi connectivity index (χ1v) is 6.86. The van der Waals surface area contributed by atoms with Crippen molar-refractivity contribution in [3.63, 3.8) is 0 Å². The second-order valence-electron chi connectivity index (χ2n) is 5.19. The molecule has 1 heterocycles. The van der Waals surface area contributed by atoms with Gasteiger partial charge in [0.25, 0.3) is 5.91 Å². The Morgan fingerprint density at radius 1 is 1.14 bits per heavy atom. The number of amides is 1. The summed E-state index contributed by atoms with van der Waals surface area (Å²) >= 11 is 0. The number of anilines is 1. The van der Waals surface area contributed by atoms with E-state index in [2.05, 4.69) is 10.3 Å². The summed E-state index contributed by atoms with van der Waals surface area (Å²) in [5.74, 6) is 0.854. The monoisotopic (exact) mass is 279 g/mol. The molecule has 3 aromatic rings. The van der Waals surface area contributed by atoms with Gasteiger partial charge < -0.3 is 9.88 Å². The smallest absolute Gasteiger partial charge is 0.255 e. The normalized spacial score (nSPS) is 10.8. The second kappa shape index (κ2) is 5.05.